The summed E-state index contributed by atoms with van der Waals surface area (Å²) in [7, 11) is 0. The van der Waals surface area contributed by atoms with E-state index < -0.39 is 18.0 Å². The summed E-state index contributed by atoms with van der Waals surface area (Å²) in [5.74, 6) is 0.0191. The number of esters is 1. The van der Waals surface area contributed by atoms with Gasteiger partial charge in [0.15, 0.2) is 6.10 Å². The third-order valence-electron chi connectivity index (χ3n) is 4.05. The molecule has 8 heteroatoms. The van der Waals surface area contributed by atoms with Crippen LogP contribution in [0.1, 0.15) is 22.8 Å². The standard InChI is InChI=1S/C23H18Cl2N2O4/c1-15(30-20-12-8-19(25)9-13-20)22(28)27-26-14-16-2-10-21(11-3-16)31-23(29)17-4-6-18(24)7-5-17/h2-15H,1H3,(H,27,28)/b26-14+. The van der Waals surface area contributed by atoms with Crippen molar-refractivity contribution < 1.29 is 19.1 Å². The minimum Gasteiger partial charge on any atom is -0.481 e. The average Bonchev–Trinajstić information content (AvgIpc) is 2.77. The highest BCUT2D eigenvalue weighted by atomic mass is 35.5. The summed E-state index contributed by atoms with van der Waals surface area (Å²) < 4.78 is 10.8. The highest BCUT2D eigenvalue weighted by Gasteiger charge is 2.13. The number of amides is 1. The second-order valence-electron chi connectivity index (χ2n) is 6.41. The van der Waals surface area contributed by atoms with Gasteiger partial charge < -0.3 is 9.47 Å². The summed E-state index contributed by atoms with van der Waals surface area (Å²) in [4.78, 5) is 24.2. The van der Waals surface area contributed by atoms with Crippen molar-refractivity contribution >= 4 is 41.3 Å². The van der Waals surface area contributed by atoms with Gasteiger partial charge in [0.1, 0.15) is 11.5 Å². The lowest BCUT2D eigenvalue weighted by atomic mass is 10.2. The fraction of sp³-hybridized carbons (Fsp3) is 0.0870. The molecule has 1 unspecified atom stereocenters. The molecule has 6 nitrogen and oxygen atoms in total. The van der Waals surface area contributed by atoms with Crippen molar-refractivity contribution in [2.45, 2.75) is 13.0 Å². The first-order valence-electron chi connectivity index (χ1n) is 9.23. The maximum Gasteiger partial charge on any atom is 0.343 e. The quantitative estimate of drug-likeness (QED) is 0.231. The Balaban J connectivity index is 1.49. The highest BCUT2D eigenvalue weighted by Crippen LogP contribution is 2.17. The first-order chi connectivity index (χ1) is 14.9. The van der Waals surface area contributed by atoms with Gasteiger partial charge in [0.05, 0.1) is 11.8 Å². The Bertz CT molecular complexity index is 1070. The van der Waals surface area contributed by atoms with Crippen LogP contribution in [0.25, 0.3) is 0 Å². The zero-order chi connectivity index (χ0) is 22.2. The predicted octanol–water partition coefficient (Wildman–Crippen LogP) is 5.13. The van der Waals surface area contributed by atoms with Crippen molar-refractivity contribution in [3.05, 3.63) is 94.0 Å². The second kappa shape index (κ2) is 10.6. The van der Waals surface area contributed by atoms with E-state index in [1.807, 2.05) is 0 Å². The maximum absolute atomic E-state index is 12.1. The molecule has 0 bridgehead atoms. The van der Waals surface area contributed by atoms with E-state index in [0.29, 0.717) is 32.7 Å². The first-order valence-corrected chi connectivity index (χ1v) is 9.99. The van der Waals surface area contributed by atoms with Crippen LogP contribution in [0.5, 0.6) is 11.5 Å². The average molecular weight is 457 g/mol. The zero-order valence-electron chi connectivity index (χ0n) is 16.4. The van der Waals surface area contributed by atoms with Crippen LogP contribution in [0.3, 0.4) is 0 Å². The Hall–Kier alpha value is -3.35. The molecule has 0 aromatic heterocycles. The van der Waals surface area contributed by atoms with Crippen LogP contribution in [0.2, 0.25) is 10.0 Å². The molecule has 0 fully saturated rings. The molecule has 3 aromatic carbocycles. The predicted molar refractivity (Wildman–Crippen MR) is 120 cm³/mol. The van der Waals surface area contributed by atoms with Gasteiger partial charge in [-0.3, -0.25) is 4.79 Å². The van der Waals surface area contributed by atoms with E-state index in [1.54, 1.807) is 79.7 Å². The number of halogens is 2. The van der Waals surface area contributed by atoms with Gasteiger partial charge in [-0.15, -0.1) is 0 Å². The van der Waals surface area contributed by atoms with Gasteiger partial charge in [0.2, 0.25) is 0 Å². The number of nitrogens with one attached hydrogen (secondary N) is 1. The molecule has 31 heavy (non-hydrogen) atoms. The van der Waals surface area contributed by atoms with E-state index in [0.717, 1.165) is 0 Å². The number of hydrogen-bond donors (Lipinski definition) is 1. The smallest absolute Gasteiger partial charge is 0.343 e. The van der Waals surface area contributed by atoms with Crippen LogP contribution in [0.4, 0.5) is 0 Å². The Morgan fingerprint density at radius 3 is 2.03 bits per heavy atom. The molecule has 3 aromatic rings. The van der Waals surface area contributed by atoms with Crippen LogP contribution < -0.4 is 14.9 Å². The number of carbonyl (C=O) groups excluding carboxylic acids is 2. The third-order valence-corrected chi connectivity index (χ3v) is 4.56. The fourth-order valence-corrected chi connectivity index (χ4v) is 2.66. The molecule has 3 rings (SSSR count). The molecule has 1 N–H and O–H groups in total. The van der Waals surface area contributed by atoms with Gasteiger partial charge in [0, 0.05) is 10.0 Å². The minimum absolute atomic E-state index is 0.381. The van der Waals surface area contributed by atoms with Crippen molar-refractivity contribution in [2.24, 2.45) is 5.10 Å². The number of ether oxygens (including phenoxy) is 2. The van der Waals surface area contributed by atoms with Crippen molar-refractivity contribution in [1.29, 1.82) is 0 Å². The SMILES string of the molecule is CC(Oc1ccc(Cl)cc1)C(=O)N/N=C/c1ccc(OC(=O)c2ccc(Cl)cc2)cc1. The van der Waals surface area contributed by atoms with Gasteiger partial charge in [-0.1, -0.05) is 23.2 Å². The van der Waals surface area contributed by atoms with E-state index in [4.69, 9.17) is 32.7 Å². The lowest BCUT2D eigenvalue weighted by Crippen LogP contribution is -2.33. The summed E-state index contributed by atoms with van der Waals surface area (Å²) in [6.45, 7) is 1.61. The number of benzene rings is 3. The molecule has 0 saturated heterocycles. The summed E-state index contributed by atoms with van der Waals surface area (Å²) in [5.41, 5.74) is 3.52. The number of hydrazone groups is 1. The molecule has 1 amide bonds. The Kier molecular flexibility index (Phi) is 7.65. The zero-order valence-corrected chi connectivity index (χ0v) is 17.9. The van der Waals surface area contributed by atoms with E-state index in [-0.39, 0.29) is 0 Å². The lowest BCUT2D eigenvalue weighted by Gasteiger charge is -2.12. The van der Waals surface area contributed by atoms with Crippen molar-refractivity contribution in [1.82, 2.24) is 5.43 Å². The molecule has 0 saturated carbocycles. The summed E-state index contributed by atoms with van der Waals surface area (Å²) in [5, 5.41) is 5.04. The Morgan fingerprint density at radius 1 is 0.871 bits per heavy atom. The van der Waals surface area contributed by atoms with E-state index >= 15 is 0 Å². The number of nitrogens with zero attached hydrogens (tertiary/aromatic N) is 1. The van der Waals surface area contributed by atoms with Gasteiger partial charge in [-0.05, 0) is 85.3 Å². The molecular weight excluding hydrogens is 439 g/mol. The fourth-order valence-electron chi connectivity index (χ4n) is 2.41. The molecule has 0 heterocycles. The molecule has 0 spiro atoms. The number of carbonyl (C=O) groups is 2. The van der Waals surface area contributed by atoms with Gasteiger partial charge in [-0.25, -0.2) is 10.2 Å². The Morgan fingerprint density at radius 2 is 1.42 bits per heavy atom. The van der Waals surface area contributed by atoms with E-state index in [1.165, 1.54) is 6.21 Å². The van der Waals surface area contributed by atoms with Gasteiger partial charge in [0.25, 0.3) is 5.91 Å². The van der Waals surface area contributed by atoms with E-state index in [2.05, 4.69) is 10.5 Å². The normalized spacial score (nSPS) is 11.7. The number of rotatable bonds is 7. The molecule has 1 atom stereocenters. The lowest BCUT2D eigenvalue weighted by molar-refractivity contribution is -0.127. The van der Waals surface area contributed by atoms with Crippen LogP contribution >= 0.6 is 23.2 Å². The Labute approximate surface area is 189 Å². The molecule has 158 valence electrons. The molecule has 0 aliphatic carbocycles. The summed E-state index contributed by atoms with van der Waals surface area (Å²) in [6, 6.07) is 19.8. The van der Waals surface area contributed by atoms with Crippen LogP contribution in [0, 0.1) is 0 Å². The second-order valence-corrected chi connectivity index (χ2v) is 7.29. The summed E-state index contributed by atoms with van der Waals surface area (Å²) >= 11 is 11.6. The van der Waals surface area contributed by atoms with E-state index in [9.17, 15) is 9.59 Å². The molecule has 0 radical (unpaired) electrons. The molecule has 0 aliphatic rings. The molecular formula is C23H18Cl2N2O4. The monoisotopic (exact) mass is 456 g/mol. The van der Waals surface area contributed by atoms with Crippen LogP contribution in [0.15, 0.2) is 77.9 Å². The summed E-state index contributed by atoms with van der Waals surface area (Å²) in [6.07, 6.45) is 0.727. The van der Waals surface area contributed by atoms with Crippen LogP contribution in [-0.2, 0) is 4.79 Å². The topological polar surface area (TPSA) is 77.0 Å². The van der Waals surface area contributed by atoms with Crippen molar-refractivity contribution in [3.8, 4) is 11.5 Å². The molecule has 0 aliphatic heterocycles. The maximum atomic E-state index is 12.1. The largest absolute Gasteiger partial charge is 0.481 e. The third kappa shape index (κ3) is 6.84. The van der Waals surface area contributed by atoms with Gasteiger partial charge >= 0.3 is 5.97 Å². The minimum atomic E-state index is -0.743. The first kappa shape index (κ1) is 22.3. The van der Waals surface area contributed by atoms with Crippen LogP contribution in [-0.4, -0.2) is 24.2 Å². The number of hydrogen-bond acceptors (Lipinski definition) is 5. The van der Waals surface area contributed by atoms with Crippen molar-refractivity contribution in [2.75, 3.05) is 0 Å². The van der Waals surface area contributed by atoms with Crippen molar-refractivity contribution in [3.63, 3.8) is 0 Å². The highest BCUT2D eigenvalue weighted by molar-refractivity contribution is 6.30. The van der Waals surface area contributed by atoms with Gasteiger partial charge in [-0.2, -0.15) is 5.10 Å².